The molecule has 20 heavy (non-hydrogen) atoms. The fourth-order valence-electron chi connectivity index (χ4n) is 2.06. The Labute approximate surface area is 131 Å². The number of benzene rings is 1. The molecule has 0 saturated heterocycles. The zero-order valence-corrected chi connectivity index (χ0v) is 14.4. The number of rotatable bonds is 9. The van der Waals surface area contributed by atoms with Gasteiger partial charge in [-0.05, 0) is 49.7 Å². The van der Waals surface area contributed by atoms with Gasteiger partial charge >= 0.3 is 0 Å². The summed E-state index contributed by atoms with van der Waals surface area (Å²) in [5.74, 6) is 0.929. The largest absolute Gasteiger partial charge is 0.492 e. The molecular formula is C16H27BrN2O. The van der Waals surface area contributed by atoms with Gasteiger partial charge in [0, 0.05) is 17.1 Å². The fraction of sp³-hybridized carbons (Fsp3) is 0.625. The highest BCUT2D eigenvalue weighted by Gasteiger charge is 2.07. The van der Waals surface area contributed by atoms with Crippen LogP contribution in [0.2, 0.25) is 0 Å². The maximum absolute atomic E-state index is 6.03. The van der Waals surface area contributed by atoms with Crippen LogP contribution in [-0.4, -0.2) is 37.2 Å². The number of nitrogens with two attached hydrogens (primary N) is 1. The van der Waals surface area contributed by atoms with Gasteiger partial charge in [0.1, 0.15) is 12.4 Å². The average Bonchev–Trinajstić information content (AvgIpc) is 2.46. The van der Waals surface area contributed by atoms with Crippen LogP contribution in [0.5, 0.6) is 5.75 Å². The number of hydrogen-bond donors (Lipinski definition) is 1. The van der Waals surface area contributed by atoms with E-state index in [1.54, 1.807) is 0 Å². The predicted molar refractivity (Wildman–Crippen MR) is 89.4 cm³/mol. The Balaban J connectivity index is 2.56. The number of halogens is 1. The molecule has 0 aromatic heterocycles. The van der Waals surface area contributed by atoms with E-state index in [2.05, 4.69) is 47.7 Å². The Morgan fingerprint density at radius 3 is 2.55 bits per heavy atom. The van der Waals surface area contributed by atoms with Crippen molar-refractivity contribution in [3.8, 4) is 5.75 Å². The van der Waals surface area contributed by atoms with E-state index in [9.17, 15) is 0 Å². The maximum atomic E-state index is 6.03. The normalized spacial score (nSPS) is 12.7. The number of ether oxygens (including phenoxy) is 1. The third-order valence-corrected chi connectivity index (χ3v) is 4.37. The van der Waals surface area contributed by atoms with Crippen molar-refractivity contribution in [1.29, 1.82) is 0 Å². The number of hydrogen-bond acceptors (Lipinski definition) is 3. The molecule has 0 aliphatic carbocycles. The molecule has 2 N–H and O–H groups in total. The monoisotopic (exact) mass is 342 g/mol. The zero-order chi connectivity index (χ0) is 15.0. The predicted octanol–water partition coefficient (Wildman–Crippen LogP) is 3.45. The molecular weight excluding hydrogens is 316 g/mol. The van der Waals surface area contributed by atoms with E-state index in [4.69, 9.17) is 10.5 Å². The minimum Gasteiger partial charge on any atom is -0.492 e. The molecule has 1 atom stereocenters. The average molecular weight is 343 g/mol. The molecule has 1 rings (SSSR count). The van der Waals surface area contributed by atoms with Gasteiger partial charge in [-0.2, -0.15) is 0 Å². The van der Waals surface area contributed by atoms with E-state index >= 15 is 0 Å². The van der Waals surface area contributed by atoms with Crippen molar-refractivity contribution in [3.63, 3.8) is 0 Å². The summed E-state index contributed by atoms with van der Waals surface area (Å²) in [4.78, 5) is 2.35. The van der Waals surface area contributed by atoms with Gasteiger partial charge < -0.3 is 15.4 Å². The summed E-state index contributed by atoms with van der Waals surface area (Å²) in [6, 6.07) is 6.36. The number of likely N-dealkylation sites (N-methyl/N-ethyl adjacent to an activating group) is 1. The molecule has 0 bridgehead atoms. The quantitative estimate of drug-likeness (QED) is 0.746. The van der Waals surface area contributed by atoms with E-state index in [0.29, 0.717) is 0 Å². The topological polar surface area (TPSA) is 38.5 Å². The standard InChI is InChI=1S/C16H27BrN2O/c1-4-14(18)11-13-12-15(7-8-16(13)17)20-10-9-19(5-2)6-3/h7-8,12,14H,4-6,9-11,18H2,1-3H3. The van der Waals surface area contributed by atoms with Crippen LogP contribution in [0.4, 0.5) is 0 Å². The van der Waals surface area contributed by atoms with E-state index in [-0.39, 0.29) is 6.04 Å². The van der Waals surface area contributed by atoms with Crippen molar-refractivity contribution in [2.75, 3.05) is 26.2 Å². The Bertz CT molecular complexity index is 394. The van der Waals surface area contributed by atoms with Crippen molar-refractivity contribution in [3.05, 3.63) is 28.2 Å². The van der Waals surface area contributed by atoms with Gasteiger partial charge in [0.2, 0.25) is 0 Å². The summed E-state index contributed by atoms with van der Waals surface area (Å²) in [7, 11) is 0. The molecule has 114 valence electrons. The van der Waals surface area contributed by atoms with Crippen LogP contribution in [-0.2, 0) is 6.42 Å². The molecule has 0 saturated carbocycles. The molecule has 1 aromatic rings. The lowest BCUT2D eigenvalue weighted by Gasteiger charge is -2.18. The highest BCUT2D eigenvalue weighted by Crippen LogP contribution is 2.24. The van der Waals surface area contributed by atoms with Gasteiger partial charge in [0.15, 0.2) is 0 Å². The molecule has 0 radical (unpaired) electrons. The Morgan fingerprint density at radius 2 is 1.95 bits per heavy atom. The highest BCUT2D eigenvalue weighted by atomic mass is 79.9. The van der Waals surface area contributed by atoms with Gasteiger partial charge in [-0.25, -0.2) is 0 Å². The van der Waals surface area contributed by atoms with Crippen LogP contribution in [0.15, 0.2) is 22.7 Å². The van der Waals surface area contributed by atoms with Gasteiger partial charge in [0.05, 0.1) is 0 Å². The summed E-state index contributed by atoms with van der Waals surface area (Å²) in [5.41, 5.74) is 7.25. The molecule has 0 amide bonds. The van der Waals surface area contributed by atoms with Crippen molar-refractivity contribution in [2.45, 2.75) is 39.7 Å². The Hall–Kier alpha value is -0.580. The van der Waals surface area contributed by atoms with Gasteiger partial charge in [-0.15, -0.1) is 0 Å². The first kappa shape index (κ1) is 17.5. The second-order valence-electron chi connectivity index (χ2n) is 5.00. The third-order valence-electron chi connectivity index (χ3n) is 3.59. The SMILES string of the molecule is CCC(N)Cc1cc(OCCN(CC)CC)ccc1Br. The van der Waals surface area contributed by atoms with E-state index in [1.165, 1.54) is 5.56 Å². The third kappa shape index (κ3) is 5.81. The first-order valence-electron chi connectivity index (χ1n) is 7.49. The minimum atomic E-state index is 0.206. The first-order chi connectivity index (χ1) is 9.60. The van der Waals surface area contributed by atoms with Crippen molar-refractivity contribution >= 4 is 15.9 Å². The van der Waals surface area contributed by atoms with Gasteiger partial charge in [-0.3, -0.25) is 0 Å². The first-order valence-corrected chi connectivity index (χ1v) is 8.29. The summed E-state index contributed by atoms with van der Waals surface area (Å²) in [6.07, 6.45) is 1.86. The van der Waals surface area contributed by atoms with E-state index < -0.39 is 0 Å². The van der Waals surface area contributed by atoms with E-state index in [0.717, 1.165) is 49.3 Å². The van der Waals surface area contributed by atoms with Crippen LogP contribution in [0.3, 0.4) is 0 Å². The fourth-order valence-corrected chi connectivity index (χ4v) is 2.47. The molecule has 0 spiro atoms. The molecule has 3 nitrogen and oxygen atoms in total. The summed E-state index contributed by atoms with van der Waals surface area (Å²) >= 11 is 3.58. The molecule has 1 aromatic carbocycles. The second kappa shape index (κ2) is 9.37. The Kier molecular flexibility index (Phi) is 8.19. The second-order valence-corrected chi connectivity index (χ2v) is 5.86. The smallest absolute Gasteiger partial charge is 0.119 e. The Morgan fingerprint density at radius 1 is 1.25 bits per heavy atom. The molecule has 1 unspecified atom stereocenters. The van der Waals surface area contributed by atoms with E-state index in [1.807, 2.05) is 12.1 Å². The molecule has 0 aliphatic rings. The molecule has 4 heteroatoms. The van der Waals surface area contributed by atoms with Crippen LogP contribution >= 0.6 is 15.9 Å². The molecule has 0 fully saturated rings. The molecule has 0 aliphatic heterocycles. The van der Waals surface area contributed by atoms with Crippen molar-refractivity contribution in [2.24, 2.45) is 5.73 Å². The van der Waals surface area contributed by atoms with Crippen LogP contribution < -0.4 is 10.5 Å². The lowest BCUT2D eigenvalue weighted by molar-refractivity contribution is 0.222. The molecule has 0 heterocycles. The van der Waals surface area contributed by atoms with Crippen LogP contribution in [0.25, 0.3) is 0 Å². The summed E-state index contributed by atoms with van der Waals surface area (Å²) < 4.78 is 6.96. The lowest BCUT2D eigenvalue weighted by atomic mass is 10.0. The van der Waals surface area contributed by atoms with Crippen LogP contribution in [0, 0.1) is 0 Å². The van der Waals surface area contributed by atoms with Crippen molar-refractivity contribution < 1.29 is 4.74 Å². The van der Waals surface area contributed by atoms with Crippen LogP contribution in [0.1, 0.15) is 32.8 Å². The summed E-state index contributed by atoms with van der Waals surface area (Å²) in [5, 5.41) is 0. The minimum absolute atomic E-state index is 0.206. The van der Waals surface area contributed by atoms with Gasteiger partial charge in [-0.1, -0.05) is 36.7 Å². The highest BCUT2D eigenvalue weighted by molar-refractivity contribution is 9.10. The van der Waals surface area contributed by atoms with Crippen molar-refractivity contribution in [1.82, 2.24) is 4.90 Å². The maximum Gasteiger partial charge on any atom is 0.119 e. The number of nitrogens with zero attached hydrogens (tertiary/aromatic N) is 1. The lowest BCUT2D eigenvalue weighted by Crippen LogP contribution is -2.27. The summed E-state index contributed by atoms with van der Waals surface area (Å²) in [6.45, 7) is 10.3. The van der Waals surface area contributed by atoms with Gasteiger partial charge in [0.25, 0.3) is 0 Å². The zero-order valence-electron chi connectivity index (χ0n) is 12.9.